The van der Waals surface area contributed by atoms with Crippen LogP contribution in [0.1, 0.15) is 83.1 Å². The third kappa shape index (κ3) is 4.69. The van der Waals surface area contributed by atoms with Crippen molar-refractivity contribution in [3.8, 4) is 22.6 Å². The molecule has 4 rings (SSSR count). The van der Waals surface area contributed by atoms with E-state index in [4.69, 9.17) is 0 Å². The van der Waals surface area contributed by atoms with E-state index in [2.05, 4.69) is 94.6 Å². The average Bonchev–Trinajstić information content (AvgIpc) is 2.78. The molecule has 0 N–H and O–H groups in total. The van der Waals surface area contributed by atoms with Gasteiger partial charge in [-0.2, -0.15) is 8.96 Å². The van der Waals surface area contributed by atoms with E-state index in [0.717, 1.165) is 28.2 Å². The minimum atomic E-state index is -0.291. The Balaban J connectivity index is 1.94. The zero-order chi connectivity index (χ0) is 25.7. The second kappa shape index (κ2) is 9.10. The van der Waals surface area contributed by atoms with Crippen LogP contribution in [0.25, 0.3) is 33.4 Å². The van der Waals surface area contributed by atoms with Crippen LogP contribution in [-0.4, -0.2) is 15.0 Å². The highest BCUT2D eigenvalue weighted by atomic mass is 19.1. The molecule has 2 aromatic heterocycles. The van der Waals surface area contributed by atoms with E-state index in [9.17, 15) is 0 Å². The quantitative estimate of drug-likeness (QED) is 0.296. The van der Waals surface area contributed by atoms with Crippen molar-refractivity contribution in [1.82, 2.24) is 15.0 Å². The molecule has 0 atom stereocenters. The van der Waals surface area contributed by atoms with Crippen molar-refractivity contribution in [2.75, 3.05) is 0 Å². The van der Waals surface area contributed by atoms with Crippen LogP contribution in [0.4, 0.5) is 4.39 Å². The van der Waals surface area contributed by atoms with E-state index in [1.807, 2.05) is 23.9 Å². The molecule has 0 saturated carbocycles. The van der Waals surface area contributed by atoms with Gasteiger partial charge in [-0.15, -0.1) is 0 Å². The Kier molecular flexibility index (Phi) is 6.48. The van der Waals surface area contributed by atoms with Crippen molar-refractivity contribution in [3.05, 3.63) is 71.2 Å². The lowest BCUT2D eigenvalue weighted by Crippen LogP contribution is -2.33. The van der Waals surface area contributed by atoms with Gasteiger partial charge in [-0.05, 0) is 46.4 Å². The van der Waals surface area contributed by atoms with Gasteiger partial charge in [-0.25, -0.2) is 15.0 Å². The SMILES string of the molecule is Cc1c(-c2c(F)cc(-c3nc(C(C)C)nc(C(C)C)n3)c[n+]2C)cc(C(C)(C)C)c2ccccc12. The molecule has 0 bridgehead atoms. The summed E-state index contributed by atoms with van der Waals surface area (Å²) in [7, 11) is 1.89. The fraction of sp³-hybridized carbons (Fsp3) is 0.400. The van der Waals surface area contributed by atoms with Gasteiger partial charge in [0.05, 0.1) is 11.1 Å². The molecular weight excluding hydrogens is 435 g/mol. The minimum Gasteiger partial charge on any atom is -0.217 e. The Morgan fingerprint density at radius 2 is 1.43 bits per heavy atom. The van der Waals surface area contributed by atoms with E-state index in [0.29, 0.717) is 17.1 Å². The minimum absolute atomic E-state index is 0.0809. The second-order valence-electron chi connectivity index (χ2n) is 11.1. The summed E-state index contributed by atoms with van der Waals surface area (Å²) in [6, 6.07) is 12.1. The molecule has 0 aliphatic heterocycles. The molecule has 182 valence electrons. The van der Waals surface area contributed by atoms with Crippen molar-refractivity contribution in [3.63, 3.8) is 0 Å². The topological polar surface area (TPSA) is 42.6 Å². The largest absolute Gasteiger partial charge is 0.248 e. The van der Waals surface area contributed by atoms with Crippen molar-refractivity contribution < 1.29 is 8.96 Å². The Hall–Kier alpha value is -3.21. The summed E-state index contributed by atoms with van der Waals surface area (Å²) in [4.78, 5) is 14.0. The Morgan fingerprint density at radius 3 is 1.94 bits per heavy atom. The summed E-state index contributed by atoms with van der Waals surface area (Å²) in [5, 5.41) is 2.37. The highest BCUT2D eigenvalue weighted by Gasteiger charge is 2.27. The second-order valence-corrected chi connectivity index (χ2v) is 11.1. The number of rotatable bonds is 4. The van der Waals surface area contributed by atoms with Gasteiger partial charge < -0.3 is 0 Å². The monoisotopic (exact) mass is 471 g/mol. The molecule has 0 saturated heterocycles. The van der Waals surface area contributed by atoms with Crippen LogP contribution >= 0.6 is 0 Å². The van der Waals surface area contributed by atoms with Gasteiger partial charge >= 0.3 is 0 Å². The number of fused-ring (bicyclic) bond motifs is 1. The smallest absolute Gasteiger partial charge is 0.217 e. The van der Waals surface area contributed by atoms with E-state index in [1.54, 1.807) is 6.07 Å². The van der Waals surface area contributed by atoms with E-state index >= 15 is 4.39 Å². The first-order chi connectivity index (χ1) is 16.4. The average molecular weight is 472 g/mol. The van der Waals surface area contributed by atoms with Gasteiger partial charge in [0.15, 0.2) is 17.8 Å². The van der Waals surface area contributed by atoms with Gasteiger partial charge in [-0.1, -0.05) is 72.7 Å². The predicted octanol–water partition coefficient (Wildman–Crippen LogP) is 7.18. The number of pyridine rings is 1. The fourth-order valence-corrected chi connectivity index (χ4v) is 4.57. The summed E-state index contributed by atoms with van der Waals surface area (Å²) in [6.07, 6.45) is 1.92. The lowest BCUT2D eigenvalue weighted by atomic mass is 9.80. The molecule has 0 spiro atoms. The molecule has 0 aliphatic rings. The molecule has 0 radical (unpaired) electrons. The number of aromatic nitrogens is 4. The predicted molar refractivity (Wildman–Crippen MR) is 141 cm³/mol. The Labute approximate surface area is 208 Å². The highest BCUT2D eigenvalue weighted by Crippen LogP contribution is 2.38. The van der Waals surface area contributed by atoms with Crippen LogP contribution in [0.5, 0.6) is 0 Å². The molecule has 2 heterocycles. The Morgan fingerprint density at radius 1 is 0.857 bits per heavy atom. The van der Waals surface area contributed by atoms with Crippen LogP contribution in [-0.2, 0) is 12.5 Å². The number of halogens is 1. The van der Waals surface area contributed by atoms with Crippen LogP contribution in [0.2, 0.25) is 0 Å². The molecule has 0 unspecified atom stereocenters. The summed E-state index contributed by atoms with van der Waals surface area (Å²) >= 11 is 0. The van der Waals surface area contributed by atoms with Gasteiger partial charge in [0.1, 0.15) is 18.7 Å². The number of benzene rings is 2. The molecule has 0 fully saturated rings. The molecule has 5 heteroatoms. The summed E-state index contributed by atoms with van der Waals surface area (Å²) < 4.78 is 17.8. The highest BCUT2D eigenvalue weighted by molar-refractivity contribution is 5.94. The summed E-state index contributed by atoms with van der Waals surface area (Å²) in [5.41, 5.74) is 4.31. The van der Waals surface area contributed by atoms with Crippen LogP contribution in [0, 0.1) is 12.7 Å². The zero-order valence-corrected chi connectivity index (χ0v) is 22.4. The zero-order valence-electron chi connectivity index (χ0n) is 22.4. The van der Waals surface area contributed by atoms with Crippen molar-refractivity contribution in [2.45, 2.75) is 72.6 Å². The fourth-order valence-electron chi connectivity index (χ4n) is 4.57. The number of hydrogen-bond acceptors (Lipinski definition) is 3. The summed E-state index contributed by atoms with van der Waals surface area (Å²) in [6.45, 7) is 16.9. The first-order valence-electron chi connectivity index (χ1n) is 12.4. The molecule has 0 aliphatic carbocycles. The Bertz CT molecular complexity index is 1370. The van der Waals surface area contributed by atoms with Crippen molar-refractivity contribution in [1.29, 1.82) is 0 Å². The summed E-state index contributed by atoms with van der Waals surface area (Å²) in [5.74, 6) is 1.99. The maximum atomic E-state index is 15.9. The van der Waals surface area contributed by atoms with Crippen molar-refractivity contribution in [2.24, 2.45) is 7.05 Å². The van der Waals surface area contributed by atoms with E-state index in [1.165, 1.54) is 10.9 Å². The maximum absolute atomic E-state index is 15.9. The number of hydrogen-bond donors (Lipinski definition) is 0. The number of nitrogens with zero attached hydrogens (tertiary/aromatic N) is 4. The first kappa shape index (κ1) is 24.9. The van der Waals surface area contributed by atoms with E-state index in [-0.39, 0.29) is 23.1 Å². The van der Waals surface area contributed by atoms with Gasteiger partial charge in [-0.3, -0.25) is 0 Å². The van der Waals surface area contributed by atoms with Crippen molar-refractivity contribution >= 4 is 10.8 Å². The van der Waals surface area contributed by atoms with Crippen LogP contribution in [0.3, 0.4) is 0 Å². The molecule has 4 aromatic rings. The standard InChI is InChI=1S/C30H36FN4/c1-17(2)27-32-28(18(3)4)34-29(33-27)20-14-25(31)26(35(9)16-20)23-15-24(30(6,7)8)22-13-11-10-12-21(22)19(23)5/h10-18H,1-9H3/q+1. The lowest BCUT2D eigenvalue weighted by Gasteiger charge is -2.24. The van der Waals surface area contributed by atoms with Gasteiger partial charge in [0, 0.05) is 11.8 Å². The first-order valence-corrected chi connectivity index (χ1v) is 12.4. The lowest BCUT2D eigenvalue weighted by molar-refractivity contribution is -0.661. The molecule has 4 nitrogen and oxygen atoms in total. The van der Waals surface area contributed by atoms with E-state index < -0.39 is 0 Å². The molecule has 35 heavy (non-hydrogen) atoms. The van der Waals surface area contributed by atoms with Gasteiger partial charge in [0.25, 0.3) is 0 Å². The third-order valence-corrected chi connectivity index (χ3v) is 6.53. The van der Waals surface area contributed by atoms with Crippen LogP contribution in [0.15, 0.2) is 42.6 Å². The third-order valence-electron chi connectivity index (χ3n) is 6.53. The maximum Gasteiger partial charge on any atom is 0.248 e. The molecular formula is C30H36FN4+. The molecule has 0 amide bonds. The van der Waals surface area contributed by atoms with Crippen LogP contribution < -0.4 is 4.57 Å². The molecule has 2 aromatic carbocycles. The van der Waals surface area contributed by atoms with Gasteiger partial charge in [0.2, 0.25) is 5.69 Å². The normalized spacial score (nSPS) is 12.2. The number of aryl methyl sites for hydroxylation is 2.